The Morgan fingerprint density at radius 3 is 2.47 bits per heavy atom. The molecule has 1 fully saturated rings. The van der Waals surface area contributed by atoms with Crippen LogP contribution in [0, 0.1) is 0 Å². The van der Waals surface area contributed by atoms with Gasteiger partial charge in [-0.2, -0.15) is 4.31 Å². The molecule has 0 radical (unpaired) electrons. The van der Waals surface area contributed by atoms with Crippen molar-refractivity contribution < 1.29 is 17.9 Å². The lowest BCUT2D eigenvalue weighted by Crippen LogP contribution is -2.44. The molecule has 0 aromatic carbocycles. The number of amides is 1. The second-order valence-electron chi connectivity index (χ2n) is 4.60. The van der Waals surface area contributed by atoms with Gasteiger partial charge < -0.3 is 10.1 Å². The van der Waals surface area contributed by atoms with Crippen LogP contribution in [0.4, 0.5) is 0 Å². The van der Waals surface area contributed by atoms with Gasteiger partial charge in [-0.25, -0.2) is 8.42 Å². The standard InChI is InChI=1S/C11H23N3O4S/c1-11(15)12-3-4-14(19(2,16)17)6-5-13-7-9-18-10-8-13/h3-10H2,1-2H3,(H,12,15). The number of sulfonamides is 1. The van der Waals surface area contributed by atoms with Gasteiger partial charge in [-0.1, -0.05) is 0 Å². The topological polar surface area (TPSA) is 79.0 Å². The van der Waals surface area contributed by atoms with Crippen molar-refractivity contribution in [3.63, 3.8) is 0 Å². The summed E-state index contributed by atoms with van der Waals surface area (Å²) in [5.74, 6) is -0.151. The Morgan fingerprint density at radius 1 is 1.32 bits per heavy atom. The molecule has 0 unspecified atom stereocenters. The maximum atomic E-state index is 11.6. The Hall–Kier alpha value is -0.700. The van der Waals surface area contributed by atoms with Crippen LogP contribution in [0.3, 0.4) is 0 Å². The summed E-state index contributed by atoms with van der Waals surface area (Å²) in [6.45, 7) is 6.27. The first-order valence-corrected chi connectivity index (χ1v) is 8.24. The van der Waals surface area contributed by atoms with Gasteiger partial charge in [0.05, 0.1) is 19.5 Å². The molecule has 0 atom stereocenters. The SMILES string of the molecule is CC(=O)NCCN(CCN1CCOCC1)S(C)(=O)=O. The highest BCUT2D eigenvalue weighted by molar-refractivity contribution is 7.88. The molecule has 0 spiro atoms. The smallest absolute Gasteiger partial charge is 0.216 e. The number of carbonyl (C=O) groups is 1. The highest BCUT2D eigenvalue weighted by Gasteiger charge is 2.18. The van der Waals surface area contributed by atoms with Gasteiger partial charge in [0, 0.05) is 46.2 Å². The second-order valence-corrected chi connectivity index (χ2v) is 6.58. The molecule has 0 saturated carbocycles. The van der Waals surface area contributed by atoms with Gasteiger partial charge in [0.15, 0.2) is 0 Å². The zero-order chi connectivity index (χ0) is 14.3. The van der Waals surface area contributed by atoms with E-state index in [9.17, 15) is 13.2 Å². The number of ether oxygens (including phenoxy) is 1. The summed E-state index contributed by atoms with van der Waals surface area (Å²) in [7, 11) is -3.24. The maximum Gasteiger partial charge on any atom is 0.216 e. The van der Waals surface area contributed by atoms with Gasteiger partial charge in [-0.15, -0.1) is 0 Å². The summed E-state index contributed by atoms with van der Waals surface area (Å²) >= 11 is 0. The fourth-order valence-electron chi connectivity index (χ4n) is 1.88. The van der Waals surface area contributed by atoms with Crippen molar-refractivity contribution in [3.8, 4) is 0 Å². The minimum Gasteiger partial charge on any atom is -0.379 e. The molecular formula is C11H23N3O4S. The highest BCUT2D eigenvalue weighted by Crippen LogP contribution is 2.01. The van der Waals surface area contributed by atoms with Crippen molar-refractivity contribution in [2.45, 2.75) is 6.92 Å². The first kappa shape index (κ1) is 16.4. The number of nitrogens with one attached hydrogen (secondary N) is 1. The molecule has 0 bridgehead atoms. The van der Waals surface area contributed by atoms with E-state index in [0.717, 1.165) is 13.1 Å². The molecule has 1 heterocycles. The van der Waals surface area contributed by atoms with E-state index in [1.807, 2.05) is 0 Å². The largest absolute Gasteiger partial charge is 0.379 e. The van der Waals surface area contributed by atoms with Gasteiger partial charge in [-0.05, 0) is 0 Å². The molecule has 1 aliphatic heterocycles. The Labute approximate surface area is 114 Å². The predicted molar refractivity (Wildman–Crippen MR) is 72.4 cm³/mol. The zero-order valence-electron chi connectivity index (χ0n) is 11.6. The summed E-state index contributed by atoms with van der Waals surface area (Å²) in [5.41, 5.74) is 0. The minimum absolute atomic E-state index is 0.151. The average Bonchev–Trinajstić information content (AvgIpc) is 2.33. The van der Waals surface area contributed by atoms with Gasteiger partial charge in [0.25, 0.3) is 0 Å². The van der Waals surface area contributed by atoms with E-state index >= 15 is 0 Å². The number of nitrogens with zero attached hydrogens (tertiary/aromatic N) is 2. The molecule has 7 nitrogen and oxygen atoms in total. The Bertz CT molecular complexity index is 379. The number of rotatable bonds is 7. The number of hydrogen-bond donors (Lipinski definition) is 1. The van der Waals surface area contributed by atoms with Crippen LogP contribution in [0.15, 0.2) is 0 Å². The monoisotopic (exact) mass is 293 g/mol. The van der Waals surface area contributed by atoms with Crippen molar-refractivity contribution in [3.05, 3.63) is 0 Å². The first-order chi connectivity index (χ1) is 8.89. The molecule has 112 valence electrons. The minimum atomic E-state index is -3.24. The van der Waals surface area contributed by atoms with Gasteiger partial charge in [0.1, 0.15) is 0 Å². The number of carbonyl (C=O) groups excluding carboxylic acids is 1. The normalized spacial score (nSPS) is 17.6. The molecule has 19 heavy (non-hydrogen) atoms. The van der Waals surface area contributed by atoms with Crippen LogP contribution in [0.2, 0.25) is 0 Å². The third kappa shape index (κ3) is 6.86. The van der Waals surface area contributed by atoms with E-state index in [0.29, 0.717) is 39.4 Å². The summed E-state index contributed by atoms with van der Waals surface area (Å²) in [4.78, 5) is 13.0. The summed E-state index contributed by atoms with van der Waals surface area (Å²) in [6.07, 6.45) is 1.19. The molecule has 1 N–H and O–H groups in total. The molecule has 0 aromatic heterocycles. The van der Waals surface area contributed by atoms with Crippen molar-refractivity contribution in [2.24, 2.45) is 0 Å². The summed E-state index contributed by atoms with van der Waals surface area (Å²) in [6, 6.07) is 0. The lowest BCUT2D eigenvalue weighted by molar-refractivity contribution is -0.118. The Morgan fingerprint density at radius 2 is 1.95 bits per heavy atom. The van der Waals surface area contributed by atoms with Crippen LogP contribution in [-0.4, -0.2) is 82.3 Å². The fraction of sp³-hybridized carbons (Fsp3) is 0.909. The molecule has 1 rings (SSSR count). The van der Waals surface area contributed by atoms with Crippen LogP contribution in [0.1, 0.15) is 6.92 Å². The van der Waals surface area contributed by atoms with Crippen molar-refractivity contribution in [1.29, 1.82) is 0 Å². The van der Waals surface area contributed by atoms with Crippen LogP contribution in [0.25, 0.3) is 0 Å². The highest BCUT2D eigenvalue weighted by atomic mass is 32.2. The summed E-state index contributed by atoms with van der Waals surface area (Å²) in [5, 5.41) is 2.61. The van der Waals surface area contributed by atoms with Gasteiger partial charge in [-0.3, -0.25) is 9.69 Å². The molecule has 1 aliphatic rings. The lowest BCUT2D eigenvalue weighted by Gasteiger charge is -2.29. The third-order valence-electron chi connectivity index (χ3n) is 2.97. The number of hydrogen-bond acceptors (Lipinski definition) is 5. The van der Waals surface area contributed by atoms with E-state index in [2.05, 4.69) is 10.2 Å². The van der Waals surface area contributed by atoms with Crippen LogP contribution in [0.5, 0.6) is 0 Å². The second kappa shape index (κ2) is 7.78. The predicted octanol–water partition coefficient (Wildman–Crippen LogP) is -1.28. The van der Waals surface area contributed by atoms with Crippen molar-refractivity contribution in [2.75, 3.05) is 58.7 Å². The van der Waals surface area contributed by atoms with E-state index in [1.54, 1.807) is 0 Å². The zero-order valence-corrected chi connectivity index (χ0v) is 12.4. The van der Waals surface area contributed by atoms with Crippen molar-refractivity contribution in [1.82, 2.24) is 14.5 Å². The first-order valence-electron chi connectivity index (χ1n) is 6.39. The van der Waals surface area contributed by atoms with Crippen molar-refractivity contribution >= 4 is 15.9 Å². The van der Waals surface area contributed by atoms with Crippen LogP contribution >= 0.6 is 0 Å². The number of morpholine rings is 1. The molecule has 8 heteroatoms. The van der Waals surface area contributed by atoms with Crippen LogP contribution in [-0.2, 0) is 19.6 Å². The quantitative estimate of drug-likeness (QED) is 0.632. The average molecular weight is 293 g/mol. The van der Waals surface area contributed by atoms with Gasteiger partial charge >= 0.3 is 0 Å². The Kier molecular flexibility index (Phi) is 6.70. The molecular weight excluding hydrogens is 270 g/mol. The van der Waals surface area contributed by atoms with E-state index in [1.165, 1.54) is 17.5 Å². The van der Waals surface area contributed by atoms with E-state index in [4.69, 9.17) is 4.74 Å². The molecule has 0 aromatic rings. The maximum absolute atomic E-state index is 11.6. The third-order valence-corrected chi connectivity index (χ3v) is 4.28. The fourth-order valence-corrected chi connectivity index (χ4v) is 2.71. The lowest BCUT2D eigenvalue weighted by atomic mass is 10.4. The molecule has 0 aliphatic carbocycles. The van der Waals surface area contributed by atoms with Gasteiger partial charge in [0.2, 0.25) is 15.9 Å². The van der Waals surface area contributed by atoms with E-state index in [-0.39, 0.29) is 5.91 Å². The molecule has 1 saturated heterocycles. The summed E-state index contributed by atoms with van der Waals surface area (Å²) < 4.78 is 29.9. The molecule has 1 amide bonds. The van der Waals surface area contributed by atoms with Crippen LogP contribution < -0.4 is 5.32 Å². The Balaban J connectivity index is 2.38. The van der Waals surface area contributed by atoms with E-state index < -0.39 is 10.0 Å².